The van der Waals surface area contributed by atoms with Crippen LogP contribution in [0.15, 0.2) is 39.5 Å². The lowest BCUT2D eigenvalue weighted by Gasteiger charge is -2.34. The number of aliphatic hydroxyl groups is 3. The standard InChI is InChI=1S/C20H18O11/c21-9-4-11(23)10(22)3-8(9)15-5-13(25)17-12(24)1-7(2-16(17)31-15)30-20-19(28)18(27)14(26)6-29-20/h1-5,14,18-24,26-28H,6H2/t14-,18-,19-,20-/m0/s1. The number of hydrogen-bond donors (Lipinski definition) is 7. The molecule has 31 heavy (non-hydrogen) atoms. The highest BCUT2D eigenvalue weighted by molar-refractivity contribution is 5.86. The van der Waals surface area contributed by atoms with Crippen molar-refractivity contribution in [3.05, 3.63) is 40.6 Å². The average Bonchev–Trinajstić information content (AvgIpc) is 2.70. The van der Waals surface area contributed by atoms with Crippen LogP contribution >= 0.6 is 0 Å². The van der Waals surface area contributed by atoms with Crippen molar-refractivity contribution in [3.63, 3.8) is 0 Å². The Morgan fingerprint density at radius 2 is 1.55 bits per heavy atom. The highest BCUT2D eigenvalue weighted by atomic mass is 16.7. The van der Waals surface area contributed by atoms with E-state index in [-0.39, 0.29) is 34.6 Å². The van der Waals surface area contributed by atoms with Crippen LogP contribution in [-0.4, -0.2) is 67.0 Å². The molecule has 4 atom stereocenters. The monoisotopic (exact) mass is 434 g/mol. The topological polar surface area (TPSA) is 190 Å². The van der Waals surface area contributed by atoms with Crippen molar-refractivity contribution in [2.24, 2.45) is 0 Å². The van der Waals surface area contributed by atoms with E-state index in [1.807, 2.05) is 0 Å². The van der Waals surface area contributed by atoms with Crippen LogP contribution < -0.4 is 10.2 Å². The minimum atomic E-state index is -1.59. The molecule has 0 aliphatic carbocycles. The molecule has 0 saturated carbocycles. The lowest BCUT2D eigenvalue weighted by atomic mass is 10.1. The Bertz CT molecular complexity index is 1200. The Balaban J connectivity index is 1.76. The number of hydrogen-bond acceptors (Lipinski definition) is 11. The molecule has 2 heterocycles. The van der Waals surface area contributed by atoms with Gasteiger partial charge < -0.3 is 49.6 Å². The predicted molar refractivity (Wildman–Crippen MR) is 103 cm³/mol. The average molecular weight is 434 g/mol. The molecule has 0 amide bonds. The van der Waals surface area contributed by atoms with Gasteiger partial charge >= 0.3 is 0 Å². The molecule has 1 aliphatic heterocycles. The van der Waals surface area contributed by atoms with E-state index >= 15 is 0 Å². The Morgan fingerprint density at radius 1 is 0.839 bits per heavy atom. The molecule has 1 saturated heterocycles. The van der Waals surface area contributed by atoms with Gasteiger partial charge in [-0.05, 0) is 6.07 Å². The van der Waals surface area contributed by atoms with Gasteiger partial charge in [0.1, 0.15) is 52.3 Å². The molecule has 0 bridgehead atoms. The molecule has 0 unspecified atom stereocenters. The van der Waals surface area contributed by atoms with Gasteiger partial charge in [-0.2, -0.15) is 0 Å². The van der Waals surface area contributed by atoms with Crippen molar-refractivity contribution < 1.29 is 49.6 Å². The fourth-order valence-corrected chi connectivity index (χ4v) is 3.22. The summed E-state index contributed by atoms with van der Waals surface area (Å²) in [6.07, 6.45) is -5.77. The normalized spacial score (nSPS) is 23.7. The van der Waals surface area contributed by atoms with Gasteiger partial charge in [0.2, 0.25) is 6.29 Å². The zero-order chi connectivity index (χ0) is 22.4. The van der Waals surface area contributed by atoms with Gasteiger partial charge in [0, 0.05) is 24.3 Å². The lowest BCUT2D eigenvalue weighted by Crippen LogP contribution is -2.54. The van der Waals surface area contributed by atoms with Crippen molar-refractivity contribution in [2.45, 2.75) is 24.6 Å². The summed E-state index contributed by atoms with van der Waals surface area (Å²) >= 11 is 0. The smallest absolute Gasteiger partial charge is 0.228 e. The zero-order valence-corrected chi connectivity index (χ0v) is 15.7. The van der Waals surface area contributed by atoms with Crippen LogP contribution in [0.3, 0.4) is 0 Å². The maximum atomic E-state index is 12.5. The first-order valence-electron chi connectivity index (χ1n) is 9.04. The second kappa shape index (κ2) is 7.63. The minimum Gasteiger partial charge on any atom is -0.507 e. The van der Waals surface area contributed by atoms with E-state index in [1.54, 1.807) is 0 Å². The summed E-state index contributed by atoms with van der Waals surface area (Å²) in [6.45, 7) is -0.300. The molecule has 164 valence electrons. The largest absolute Gasteiger partial charge is 0.507 e. The van der Waals surface area contributed by atoms with Crippen molar-refractivity contribution in [1.82, 2.24) is 0 Å². The number of fused-ring (bicyclic) bond motifs is 1. The van der Waals surface area contributed by atoms with Crippen molar-refractivity contribution in [1.29, 1.82) is 0 Å². The summed E-state index contributed by atoms with van der Waals surface area (Å²) in [4.78, 5) is 12.5. The summed E-state index contributed by atoms with van der Waals surface area (Å²) in [6, 6.07) is 5.14. The van der Waals surface area contributed by atoms with Crippen LogP contribution in [0.2, 0.25) is 0 Å². The number of phenols is 4. The van der Waals surface area contributed by atoms with E-state index < -0.39 is 53.0 Å². The SMILES string of the molecule is O=c1cc(-c2cc(O)c(O)cc2O)oc2cc(O[C@@H]3OC[C@H](O)[C@H](O)[C@@H]3O)cc(O)c12. The third-order valence-electron chi connectivity index (χ3n) is 4.85. The van der Waals surface area contributed by atoms with Gasteiger partial charge in [-0.3, -0.25) is 4.79 Å². The van der Waals surface area contributed by atoms with E-state index in [0.717, 1.165) is 24.3 Å². The van der Waals surface area contributed by atoms with Crippen LogP contribution in [-0.2, 0) is 4.74 Å². The Kier molecular flexibility index (Phi) is 5.11. The number of aromatic hydroxyl groups is 4. The summed E-state index contributed by atoms with van der Waals surface area (Å²) < 4.78 is 16.2. The van der Waals surface area contributed by atoms with E-state index in [0.29, 0.717) is 0 Å². The molecule has 0 radical (unpaired) electrons. The van der Waals surface area contributed by atoms with Gasteiger partial charge in [0.05, 0.1) is 12.2 Å². The summed E-state index contributed by atoms with van der Waals surface area (Å²) in [7, 11) is 0. The number of benzene rings is 2. The molecule has 1 aromatic heterocycles. The highest BCUT2D eigenvalue weighted by Crippen LogP contribution is 2.39. The first-order valence-corrected chi connectivity index (χ1v) is 9.04. The third-order valence-corrected chi connectivity index (χ3v) is 4.85. The second-order valence-corrected chi connectivity index (χ2v) is 7.02. The maximum absolute atomic E-state index is 12.5. The minimum absolute atomic E-state index is 0.0873. The zero-order valence-electron chi connectivity index (χ0n) is 15.7. The van der Waals surface area contributed by atoms with Gasteiger partial charge in [-0.25, -0.2) is 0 Å². The molecule has 11 heteroatoms. The van der Waals surface area contributed by atoms with Crippen LogP contribution in [0.1, 0.15) is 0 Å². The molecule has 0 spiro atoms. The number of aliphatic hydroxyl groups excluding tert-OH is 3. The molecular weight excluding hydrogens is 416 g/mol. The summed E-state index contributed by atoms with van der Waals surface area (Å²) in [5, 5.41) is 68.5. The van der Waals surface area contributed by atoms with Crippen molar-refractivity contribution >= 4 is 11.0 Å². The fourth-order valence-electron chi connectivity index (χ4n) is 3.22. The first kappa shape index (κ1) is 20.8. The van der Waals surface area contributed by atoms with Crippen LogP contribution in [0.25, 0.3) is 22.3 Å². The third kappa shape index (κ3) is 3.70. The summed E-state index contributed by atoms with van der Waals surface area (Å²) in [5.74, 6) is -2.36. The van der Waals surface area contributed by atoms with Gasteiger partial charge in [0.25, 0.3) is 0 Å². The number of phenolic OH excluding ortho intramolecular Hbond substituents is 4. The quantitative estimate of drug-likeness (QED) is 0.219. The van der Waals surface area contributed by atoms with Crippen LogP contribution in [0.5, 0.6) is 28.7 Å². The van der Waals surface area contributed by atoms with E-state index in [2.05, 4.69) is 0 Å². The Labute approximate surface area is 173 Å². The highest BCUT2D eigenvalue weighted by Gasteiger charge is 2.39. The molecule has 1 aliphatic rings. The predicted octanol–water partition coefficient (Wildman–Crippen LogP) is 0.100. The molecular formula is C20H18O11. The molecule has 3 aromatic rings. The van der Waals surface area contributed by atoms with Crippen LogP contribution in [0, 0.1) is 0 Å². The second-order valence-electron chi connectivity index (χ2n) is 7.02. The molecule has 4 rings (SSSR count). The lowest BCUT2D eigenvalue weighted by molar-refractivity contribution is -0.242. The Hall–Kier alpha value is -3.51. The van der Waals surface area contributed by atoms with E-state index in [9.17, 15) is 40.5 Å². The van der Waals surface area contributed by atoms with Crippen molar-refractivity contribution in [2.75, 3.05) is 6.61 Å². The van der Waals surface area contributed by atoms with E-state index in [1.165, 1.54) is 6.07 Å². The molecule has 1 fully saturated rings. The maximum Gasteiger partial charge on any atom is 0.228 e. The summed E-state index contributed by atoms with van der Waals surface area (Å²) in [5.41, 5.74) is -0.918. The first-order chi connectivity index (χ1) is 14.7. The molecule has 7 N–H and O–H groups in total. The van der Waals surface area contributed by atoms with Gasteiger partial charge in [0.15, 0.2) is 16.9 Å². The number of ether oxygens (including phenoxy) is 2. The van der Waals surface area contributed by atoms with Crippen LogP contribution in [0.4, 0.5) is 0 Å². The number of rotatable bonds is 3. The Morgan fingerprint density at radius 3 is 2.29 bits per heavy atom. The van der Waals surface area contributed by atoms with E-state index in [4.69, 9.17) is 13.9 Å². The van der Waals surface area contributed by atoms with Gasteiger partial charge in [-0.15, -0.1) is 0 Å². The molecule has 2 aromatic carbocycles. The fraction of sp³-hybridized carbons (Fsp3) is 0.250. The van der Waals surface area contributed by atoms with Gasteiger partial charge in [-0.1, -0.05) is 0 Å². The molecule has 11 nitrogen and oxygen atoms in total. The van der Waals surface area contributed by atoms with Crippen molar-refractivity contribution in [3.8, 4) is 40.1 Å².